The van der Waals surface area contributed by atoms with E-state index < -0.39 is 5.82 Å². The van der Waals surface area contributed by atoms with E-state index in [4.69, 9.17) is 16.3 Å². The lowest BCUT2D eigenvalue weighted by Crippen LogP contribution is -2.00. The number of ether oxygens (including phenoxy) is 1. The van der Waals surface area contributed by atoms with Crippen LogP contribution in [0.3, 0.4) is 0 Å². The van der Waals surface area contributed by atoms with Gasteiger partial charge in [0.15, 0.2) is 17.3 Å². The quantitative estimate of drug-likeness (QED) is 0.781. The van der Waals surface area contributed by atoms with E-state index in [1.807, 2.05) is 30.3 Å². The van der Waals surface area contributed by atoms with Gasteiger partial charge in [-0.3, -0.25) is 4.79 Å². The average molecular weight is 279 g/mol. The fraction of sp³-hybridized carbons (Fsp3) is 0.133. The molecule has 2 aromatic carbocycles. The molecule has 2 rings (SSSR count). The van der Waals surface area contributed by atoms with E-state index in [2.05, 4.69) is 0 Å². The van der Waals surface area contributed by atoms with Gasteiger partial charge in [-0.2, -0.15) is 0 Å². The van der Waals surface area contributed by atoms with E-state index >= 15 is 0 Å². The zero-order valence-electron chi connectivity index (χ0n) is 10.3. The Morgan fingerprint density at radius 2 is 1.95 bits per heavy atom. The minimum absolute atomic E-state index is 0.0319. The maximum atomic E-state index is 13.8. The molecule has 0 aliphatic carbocycles. The van der Waals surface area contributed by atoms with E-state index in [1.54, 1.807) is 0 Å². The Hall–Kier alpha value is -1.87. The van der Waals surface area contributed by atoms with Crippen molar-refractivity contribution in [1.29, 1.82) is 0 Å². The molecule has 0 unspecified atom stereocenters. The number of ketones is 1. The summed E-state index contributed by atoms with van der Waals surface area (Å²) in [4.78, 5) is 11.2. The maximum Gasteiger partial charge on any atom is 0.174 e. The summed E-state index contributed by atoms with van der Waals surface area (Å²) in [5, 5.41) is 0.0983. The lowest BCUT2D eigenvalue weighted by molar-refractivity contribution is 0.101. The highest BCUT2D eigenvalue weighted by Crippen LogP contribution is 2.30. The van der Waals surface area contributed by atoms with Gasteiger partial charge in [0.2, 0.25) is 0 Å². The molecule has 0 atom stereocenters. The van der Waals surface area contributed by atoms with Crippen LogP contribution in [0.15, 0.2) is 42.5 Å². The number of benzene rings is 2. The number of rotatable bonds is 4. The van der Waals surface area contributed by atoms with Crippen LogP contribution in [0, 0.1) is 5.82 Å². The minimum Gasteiger partial charge on any atom is -0.484 e. The first kappa shape index (κ1) is 13.6. The van der Waals surface area contributed by atoms with Crippen molar-refractivity contribution < 1.29 is 13.9 Å². The van der Waals surface area contributed by atoms with Crippen molar-refractivity contribution in [3.05, 3.63) is 64.4 Å². The highest BCUT2D eigenvalue weighted by Gasteiger charge is 2.13. The first-order valence-corrected chi connectivity index (χ1v) is 6.12. The highest BCUT2D eigenvalue weighted by molar-refractivity contribution is 6.32. The van der Waals surface area contributed by atoms with Crippen molar-refractivity contribution in [2.45, 2.75) is 13.5 Å². The van der Waals surface area contributed by atoms with E-state index in [9.17, 15) is 9.18 Å². The Labute approximate surface area is 115 Å². The number of Topliss-reactive ketones (excluding diaryl/α,β-unsaturated/α-hetero) is 1. The minimum atomic E-state index is -0.631. The molecule has 19 heavy (non-hydrogen) atoms. The van der Waals surface area contributed by atoms with Crippen molar-refractivity contribution in [3.8, 4) is 5.75 Å². The molecule has 0 N–H and O–H groups in total. The topological polar surface area (TPSA) is 26.3 Å². The molecule has 0 aliphatic heterocycles. The van der Waals surface area contributed by atoms with Gasteiger partial charge in [0.05, 0.1) is 5.02 Å². The Morgan fingerprint density at radius 1 is 1.26 bits per heavy atom. The lowest BCUT2D eigenvalue weighted by Gasteiger charge is -2.10. The molecule has 98 valence electrons. The van der Waals surface area contributed by atoms with Crippen LogP contribution in [-0.2, 0) is 6.61 Å². The standard InChI is InChI=1S/C15H12ClFO2/c1-10(18)12-7-13(16)15(14(17)8-12)19-9-11-5-3-2-4-6-11/h2-8H,9H2,1H3. The van der Waals surface area contributed by atoms with E-state index in [1.165, 1.54) is 13.0 Å². The van der Waals surface area contributed by atoms with Gasteiger partial charge in [0.1, 0.15) is 6.61 Å². The van der Waals surface area contributed by atoms with Gasteiger partial charge in [-0.1, -0.05) is 41.9 Å². The number of carbonyl (C=O) groups is 1. The van der Waals surface area contributed by atoms with E-state index in [0.717, 1.165) is 11.6 Å². The zero-order chi connectivity index (χ0) is 13.8. The summed E-state index contributed by atoms with van der Waals surface area (Å²) in [6.07, 6.45) is 0. The number of hydrogen-bond donors (Lipinski definition) is 0. The van der Waals surface area contributed by atoms with Crippen molar-refractivity contribution >= 4 is 17.4 Å². The molecule has 0 bridgehead atoms. The summed E-state index contributed by atoms with van der Waals surface area (Å²) < 4.78 is 19.2. The third-order valence-corrected chi connectivity index (χ3v) is 2.91. The monoisotopic (exact) mass is 278 g/mol. The predicted octanol–water partition coefficient (Wildman–Crippen LogP) is 4.26. The van der Waals surface area contributed by atoms with Gasteiger partial charge >= 0.3 is 0 Å². The van der Waals surface area contributed by atoms with Gasteiger partial charge < -0.3 is 4.74 Å². The average Bonchev–Trinajstić information content (AvgIpc) is 2.38. The molecule has 0 saturated carbocycles. The van der Waals surface area contributed by atoms with Crippen LogP contribution in [-0.4, -0.2) is 5.78 Å². The number of hydrogen-bond acceptors (Lipinski definition) is 2. The van der Waals surface area contributed by atoms with Crippen molar-refractivity contribution in [2.75, 3.05) is 0 Å². The second-order valence-electron chi connectivity index (χ2n) is 4.10. The Morgan fingerprint density at radius 3 is 2.53 bits per heavy atom. The summed E-state index contributed by atoms with van der Waals surface area (Å²) in [5.41, 5.74) is 1.14. The van der Waals surface area contributed by atoms with Gasteiger partial charge in [-0.15, -0.1) is 0 Å². The summed E-state index contributed by atoms with van der Waals surface area (Å²) in [6.45, 7) is 1.58. The van der Waals surface area contributed by atoms with Crippen molar-refractivity contribution in [1.82, 2.24) is 0 Å². The van der Waals surface area contributed by atoms with Crippen LogP contribution in [0.5, 0.6) is 5.75 Å². The molecule has 0 fully saturated rings. The normalized spacial score (nSPS) is 10.3. The fourth-order valence-electron chi connectivity index (χ4n) is 1.63. The molecule has 0 radical (unpaired) electrons. The largest absolute Gasteiger partial charge is 0.484 e. The first-order valence-electron chi connectivity index (χ1n) is 5.74. The fourth-order valence-corrected chi connectivity index (χ4v) is 1.89. The second kappa shape index (κ2) is 5.85. The molecule has 4 heteroatoms. The molecule has 0 aromatic heterocycles. The van der Waals surface area contributed by atoms with Crippen LogP contribution in [0.1, 0.15) is 22.8 Å². The third-order valence-electron chi connectivity index (χ3n) is 2.63. The summed E-state index contributed by atoms with van der Waals surface area (Å²) >= 11 is 5.93. The Kier molecular flexibility index (Phi) is 4.17. The molecule has 2 nitrogen and oxygen atoms in total. The zero-order valence-corrected chi connectivity index (χ0v) is 11.1. The molecular formula is C15H12ClFO2. The van der Waals surface area contributed by atoms with Crippen LogP contribution in [0.2, 0.25) is 5.02 Å². The molecular weight excluding hydrogens is 267 g/mol. The van der Waals surface area contributed by atoms with Crippen LogP contribution < -0.4 is 4.74 Å². The molecule has 2 aromatic rings. The van der Waals surface area contributed by atoms with Gasteiger partial charge in [-0.25, -0.2) is 4.39 Å². The second-order valence-corrected chi connectivity index (χ2v) is 4.51. The van der Waals surface area contributed by atoms with Crippen molar-refractivity contribution in [3.63, 3.8) is 0 Å². The number of halogens is 2. The smallest absolute Gasteiger partial charge is 0.174 e. The molecule has 0 heterocycles. The maximum absolute atomic E-state index is 13.8. The van der Waals surface area contributed by atoms with E-state index in [-0.39, 0.29) is 28.7 Å². The van der Waals surface area contributed by atoms with Gasteiger partial charge in [0, 0.05) is 5.56 Å². The molecule has 0 spiro atoms. The summed E-state index contributed by atoms with van der Waals surface area (Å²) in [5.74, 6) is -0.903. The van der Waals surface area contributed by atoms with Crippen LogP contribution >= 0.6 is 11.6 Å². The summed E-state index contributed by atoms with van der Waals surface area (Å²) in [7, 11) is 0. The molecule has 0 saturated heterocycles. The summed E-state index contributed by atoms with van der Waals surface area (Å²) in [6, 6.07) is 11.9. The first-order chi connectivity index (χ1) is 9.08. The molecule has 0 amide bonds. The van der Waals surface area contributed by atoms with Gasteiger partial charge in [0.25, 0.3) is 0 Å². The Balaban J connectivity index is 2.19. The van der Waals surface area contributed by atoms with Crippen LogP contribution in [0.4, 0.5) is 4.39 Å². The van der Waals surface area contributed by atoms with Gasteiger partial charge in [-0.05, 0) is 24.6 Å². The van der Waals surface area contributed by atoms with Crippen LogP contribution in [0.25, 0.3) is 0 Å². The van der Waals surface area contributed by atoms with E-state index in [0.29, 0.717) is 0 Å². The number of carbonyl (C=O) groups excluding carboxylic acids is 1. The van der Waals surface area contributed by atoms with Crippen molar-refractivity contribution in [2.24, 2.45) is 0 Å². The SMILES string of the molecule is CC(=O)c1cc(F)c(OCc2ccccc2)c(Cl)c1. The highest BCUT2D eigenvalue weighted by atomic mass is 35.5. The third kappa shape index (κ3) is 3.32. The Bertz CT molecular complexity index is 573. The lowest BCUT2D eigenvalue weighted by atomic mass is 10.1. The predicted molar refractivity (Wildman–Crippen MR) is 72.2 cm³/mol. The molecule has 0 aliphatic rings.